The molecule has 0 saturated heterocycles. The number of nitrogens with one attached hydrogen (secondary N) is 1. The molecule has 1 aromatic carbocycles. The van der Waals surface area contributed by atoms with Crippen molar-refractivity contribution < 1.29 is 4.79 Å². The van der Waals surface area contributed by atoms with Crippen LogP contribution < -0.4 is 5.32 Å². The van der Waals surface area contributed by atoms with E-state index in [4.69, 9.17) is 0 Å². The zero-order chi connectivity index (χ0) is 10.7. The lowest BCUT2D eigenvalue weighted by Crippen LogP contribution is -2.50. The Morgan fingerprint density at radius 2 is 2.00 bits per heavy atom. The Morgan fingerprint density at radius 1 is 1.33 bits per heavy atom. The highest BCUT2D eigenvalue weighted by molar-refractivity contribution is 5.76. The molecule has 0 radical (unpaired) electrons. The fraction of sp³-hybridized carbons (Fsp3) is 0.462. The van der Waals surface area contributed by atoms with Gasteiger partial charge in [0.25, 0.3) is 0 Å². The van der Waals surface area contributed by atoms with Crippen molar-refractivity contribution in [2.24, 2.45) is 0 Å². The van der Waals surface area contributed by atoms with E-state index in [-0.39, 0.29) is 11.4 Å². The van der Waals surface area contributed by atoms with Gasteiger partial charge in [-0.25, -0.2) is 0 Å². The minimum absolute atomic E-state index is 0.0612. The van der Waals surface area contributed by atoms with Crippen LogP contribution in [0.15, 0.2) is 30.3 Å². The fourth-order valence-electron chi connectivity index (χ4n) is 2.13. The highest BCUT2D eigenvalue weighted by Gasteiger charge is 2.39. The number of benzene rings is 1. The van der Waals surface area contributed by atoms with Crippen LogP contribution in [0.3, 0.4) is 0 Å². The Bertz CT molecular complexity index is 341. The van der Waals surface area contributed by atoms with Crippen LogP contribution in [0.5, 0.6) is 0 Å². The quantitative estimate of drug-likeness (QED) is 0.803. The second-order valence-electron chi connectivity index (χ2n) is 4.20. The first kappa shape index (κ1) is 10.2. The van der Waals surface area contributed by atoms with Crippen LogP contribution in [0.2, 0.25) is 0 Å². The van der Waals surface area contributed by atoms with Crippen molar-refractivity contribution >= 4 is 5.91 Å². The minimum Gasteiger partial charge on any atom is -0.347 e. The molecule has 0 spiro atoms. The normalized spacial score (nSPS) is 17.9. The van der Waals surface area contributed by atoms with E-state index < -0.39 is 0 Å². The summed E-state index contributed by atoms with van der Waals surface area (Å²) in [5, 5.41) is 3.16. The molecule has 1 aliphatic rings. The Morgan fingerprint density at radius 3 is 2.47 bits per heavy atom. The highest BCUT2D eigenvalue weighted by atomic mass is 16.1. The summed E-state index contributed by atoms with van der Waals surface area (Å²) in [6.45, 7) is 1.90. The van der Waals surface area contributed by atoms with Gasteiger partial charge in [0, 0.05) is 6.42 Å². The molecule has 1 amide bonds. The number of amides is 1. The number of rotatable bonds is 3. The van der Waals surface area contributed by atoms with E-state index in [1.54, 1.807) is 0 Å². The lowest BCUT2D eigenvalue weighted by atomic mass is 9.71. The van der Waals surface area contributed by atoms with Gasteiger partial charge in [0.2, 0.25) is 5.91 Å². The molecule has 0 heterocycles. The van der Waals surface area contributed by atoms with Gasteiger partial charge < -0.3 is 5.32 Å². The van der Waals surface area contributed by atoms with Crippen molar-refractivity contribution in [3.63, 3.8) is 0 Å². The molecule has 15 heavy (non-hydrogen) atoms. The van der Waals surface area contributed by atoms with Crippen molar-refractivity contribution in [2.75, 3.05) is 0 Å². The Kier molecular flexibility index (Phi) is 2.76. The maximum absolute atomic E-state index is 11.5. The van der Waals surface area contributed by atoms with Crippen LogP contribution in [-0.2, 0) is 10.3 Å². The van der Waals surface area contributed by atoms with Crippen LogP contribution >= 0.6 is 0 Å². The summed E-state index contributed by atoms with van der Waals surface area (Å²) in [5.41, 5.74) is 1.19. The monoisotopic (exact) mass is 203 g/mol. The van der Waals surface area contributed by atoms with Crippen LogP contribution in [0, 0.1) is 0 Å². The van der Waals surface area contributed by atoms with E-state index in [9.17, 15) is 4.79 Å². The zero-order valence-corrected chi connectivity index (χ0v) is 9.12. The van der Waals surface area contributed by atoms with Gasteiger partial charge in [-0.2, -0.15) is 0 Å². The number of hydrogen-bond acceptors (Lipinski definition) is 1. The van der Waals surface area contributed by atoms with Gasteiger partial charge >= 0.3 is 0 Å². The summed E-state index contributed by atoms with van der Waals surface area (Å²) in [7, 11) is 0. The van der Waals surface area contributed by atoms with E-state index in [1.165, 1.54) is 12.0 Å². The molecule has 1 aliphatic carbocycles. The fourth-order valence-corrected chi connectivity index (χ4v) is 2.13. The summed E-state index contributed by atoms with van der Waals surface area (Å²) in [5.74, 6) is 0.151. The molecular weight excluding hydrogens is 186 g/mol. The maximum Gasteiger partial charge on any atom is 0.220 e. The first-order chi connectivity index (χ1) is 7.27. The Labute approximate surface area is 90.7 Å². The summed E-state index contributed by atoms with van der Waals surface area (Å²) < 4.78 is 0. The van der Waals surface area contributed by atoms with Crippen LogP contribution in [0.1, 0.15) is 38.2 Å². The van der Waals surface area contributed by atoms with Gasteiger partial charge in [-0.05, 0) is 24.8 Å². The topological polar surface area (TPSA) is 29.1 Å². The largest absolute Gasteiger partial charge is 0.347 e. The second kappa shape index (κ2) is 4.05. The number of carbonyl (C=O) groups excluding carboxylic acids is 1. The smallest absolute Gasteiger partial charge is 0.220 e. The molecule has 1 fully saturated rings. The Hall–Kier alpha value is -1.31. The summed E-state index contributed by atoms with van der Waals surface area (Å²) >= 11 is 0. The van der Waals surface area contributed by atoms with Crippen LogP contribution in [0.25, 0.3) is 0 Å². The predicted molar refractivity (Wildman–Crippen MR) is 60.4 cm³/mol. The third kappa shape index (κ3) is 1.89. The molecule has 0 aromatic heterocycles. The molecule has 1 saturated carbocycles. The van der Waals surface area contributed by atoms with Crippen LogP contribution in [0.4, 0.5) is 0 Å². The summed E-state index contributed by atoms with van der Waals surface area (Å²) in [6, 6.07) is 10.3. The number of carbonyl (C=O) groups is 1. The van der Waals surface area contributed by atoms with E-state index in [0.717, 1.165) is 12.8 Å². The van der Waals surface area contributed by atoms with E-state index in [0.29, 0.717) is 6.42 Å². The minimum atomic E-state index is -0.0612. The average molecular weight is 203 g/mol. The van der Waals surface area contributed by atoms with Gasteiger partial charge in [0.05, 0.1) is 5.54 Å². The molecule has 2 heteroatoms. The molecule has 0 bridgehead atoms. The van der Waals surface area contributed by atoms with E-state index >= 15 is 0 Å². The van der Waals surface area contributed by atoms with Crippen molar-refractivity contribution in [2.45, 2.75) is 38.1 Å². The third-order valence-electron chi connectivity index (χ3n) is 3.23. The molecule has 1 N–H and O–H groups in total. The first-order valence-corrected chi connectivity index (χ1v) is 5.63. The van der Waals surface area contributed by atoms with Gasteiger partial charge in [-0.15, -0.1) is 0 Å². The summed E-state index contributed by atoms with van der Waals surface area (Å²) in [4.78, 5) is 11.5. The summed E-state index contributed by atoms with van der Waals surface area (Å²) in [6.07, 6.45) is 3.92. The molecule has 0 unspecified atom stereocenters. The lowest BCUT2D eigenvalue weighted by molar-refractivity contribution is -0.124. The third-order valence-corrected chi connectivity index (χ3v) is 3.23. The molecule has 1 aromatic rings. The van der Waals surface area contributed by atoms with Gasteiger partial charge in [0.1, 0.15) is 0 Å². The Balaban J connectivity index is 2.19. The maximum atomic E-state index is 11.5. The molecule has 2 nitrogen and oxygen atoms in total. The molecule has 80 valence electrons. The molecule has 0 aliphatic heterocycles. The van der Waals surface area contributed by atoms with Crippen molar-refractivity contribution in [3.8, 4) is 0 Å². The van der Waals surface area contributed by atoms with Crippen molar-refractivity contribution in [1.82, 2.24) is 5.32 Å². The molecular formula is C13H17NO. The van der Waals surface area contributed by atoms with Gasteiger partial charge in [-0.1, -0.05) is 37.3 Å². The van der Waals surface area contributed by atoms with E-state index in [1.807, 2.05) is 25.1 Å². The van der Waals surface area contributed by atoms with Crippen molar-refractivity contribution in [1.29, 1.82) is 0 Å². The highest BCUT2D eigenvalue weighted by Crippen LogP contribution is 2.41. The molecule has 0 atom stereocenters. The van der Waals surface area contributed by atoms with Gasteiger partial charge in [0.15, 0.2) is 0 Å². The standard InChI is InChI=1S/C13H17NO/c1-2-12(15)14-13(9-6-10-13)11-7-4-3-5-8-11/h3-5,7-8H,2,6,9-10H2,1H3,(H,14,15). The molecule has 2 rings (SSSR count). The van der Waals surface area contributed by atoms with Gasteiger partial charge in [-0.3, -0.25) is 4.79 Å². The predicted octanol–water partition coefficient (Wildman–Crippen LogP) is 2.59. The number of hydrogen-bond donors (Lipinski definition) is 1. The van der Waals surface area contributed by atoms with E-state index in [2.05, 4.69) is 17.4 Å². The SMILES string of the molecule is CCC(=O)NC1(c2ccccc2)CCC1. The van der Waals surface area contributed by atoms with Crippen LogP contribution in [-0.4, -0.2) is 5.91 Å². The second-order valence-corrected chi connectivity index (χ2v) is 4.20. The van der Waals surface area contributed by atoms with Crippen molar-refractivity contribution in [3.05, 3.63) is 35.9 Å². The first-order valence-electron chi connectivity index (χ1n) is 5.63. The average Bonchev–Trinajstić information content (AvgIpc) is 2.24. The lowest BCUT2D eigenvalue weighted by Gasteiger charge is -2.43. The zero-order valence-electron chi connectivity index (χ0n) is 9.12.